The molecule has 2 aromatic carbocycles. The molecule has 1 N–H and O–H groups in total. The fourth-order valence-corrected chi connectivity index (χ4v) is 5.66. The van der Waals surface area contributed by atoms with Crippen LogP contribution < -0.4 is 14.9 Å². The SMILES string of the molecule is CCn1c(CCn2nc(C)c([N+](=O)[O-])c2C)nnc1SCC(=O)N/N=C/c1ccc(OC)c(COc2ccc(Cl)cc2Cl)c1. The smallest absolute Gasteiger partial charge is 0.312 e. The van der Waals surface area contributed by atoms with Crippen LogP contribution in [-0.2, 0) is 30.9 Å². The highest BCUT2D eigenvalue weighted by atomic mass is 35.5. The fourth-order valence-electron chi connectivity index (χ4n) is 4.38. The van der Waals surface area contributed by atoms with E-state index >= 15 is 0 Å². The number of nitro groups is 1. The number of carbonyl (C=O) groups excluding carboxylic acids is 1. The number of amides is 1. The second kappa shape index (κ2) is 15.0. The van der Waals surface area contributed by atoms with Gasteiger partial charge >= 0.3 is 5.69 Å². The summed E-state index contributed by atoms with van der Waals surface area (Å²) in [5.74, 6) is 1.57. The Hall–Kier alpha value is -4.14. The zero-order valence-corrected chi connectivity index (χ0v) is 26.7. The number of rotatable bonds is 14. The van der Waals surface area contributed by atoms with Crippen LogP contribution in [0.4, 0.5) is 5.69 Å². The number of methoxy groups -OCH3 is 1. The third kappa shape index (κ3) is 8.07. The van der Waals surface area contributed by atoms with Crippen molar-refractivity contribution in [3.63, 3.8) is 0 Å². The summed E-state index contributed by atoms with van der Waals surface area (Å²) in [5.41, 5.74) is 4.89. The Morgan fingerprint density at radius 1 is 1.18 bits per heavy atom. The molecule has 4 aromatic rings. The van der Waals surface area contributed by atoms with E-state index in [1.807, 2.05) is 17.6 Å². The number of aromatic nitrogens is 5. The zero-order chi connectivity index (χ0) is 31.8. The minimum atomic E-state index is -0.420. The minimum absolute atomic E-state index is 0.0211. The molecule has 4 rings (SSSR count). The van der Waals surface area contributed by atoms with Gasteiger partial charge in [0.1, 0.15) is 35.3 Å². The van der Waals surface area contributed by atoms with Crippen molar-refractivity contribution in [3.05, 3.63) is 84.9 Å². The average molecular weight is 662 g/mol. The number of hydrazone groups is 1. The van der Waals surface area contributed by atoms with Crippen LogP contribution in [0, 0.1) is 24.0 Å². The van der Waals surface area contributed by atoms with Crippen molar-refractivity contribution in [1.82, 2.24) is 30.0 Å². The lowest BCUT2D eigenvalue weighted by molar-refractivity contribution is -0.386. The predicted octanol–water partition coefficient (Wildman–Crippen LogP) is 5.40. The maximum absolute atomic E-state index is 12.5. The first-order chi connectivity index (χ1) is 21.1. The molecular weight excluding hydrogens is 631 g/mol. The van der Waals surface area contributed by atoms with Gasteiger partial charge in [0.15, 0.2) is 5.16 Å². The monoisotopic (exact) mass is 660 g/mol. The molecule has 0 aliphatic carbocycles. The number of hydrogen-bond acceptors (Lipinski definition) is 10. The van der Waals surface area contributed by atoms with E-state index in [9.17, 15) is 14.9 Å². The van der Waals surface area contributed by atoms with E-state index < -0.39 is 4.92 Å². The van der Waals surface area contributed by atoms with Gasteiger partial charge in [-0.05, 0) is 62.7 Å². The largest absolute Gasteiger partial charge is 0.496 e. The summed E-state index contributed by atoms with van der Waals surface area (Å²) in [6.45, 7) is 6.43. The molecule has 0 unspecified atom stereocenters. The van der Waals surface area contributed by atoms with Gasteiger partial charge in [-0.2, -0.15) is 10.2 Å². The molecule has 13 nitrogen and oxygen atoms in total. The van der Waals surface area contributed by atoms with Crippen molar-refractivity contribution in [3.8, 4) is 11.5 Å². The Kier molecular flexibility index (Phi) is 11.2. The van der Waals surface area contributed by atoms with E-state index in [2.05, 4.69) is 25.8 Å². The van der Waals surface area contributed by atoms with E-state index in [0.29, 0.717) is 63.4 Å². The summed E-state index contributed by atoms with van der Waals surface area (Å²) < 4.78 is 14.8. The molecule has 2 aromatic heterocycles. The van der Waals surface area contributed by atoms with Crippen molar-refractivity contribution in [2.24, 2.45) is 5.10 Å². The molecule has 0 radical (unpaired) electrons. The number of thioether (sulfide) groups is 1. The number of carbonyl (C=O) groups is 1. The molecule has 0 fully saturated rings. The Morgan fingerprint density at radius 3 is 2.64 bits per heavy atom. The van der Waals surface area contributed by atoms with Crippen LogP contribution in [0.25, 0.3) is 0 Å². The summed E-state index contributed by atoms with van der Waals surface area (Å²) >= 11 is 13.4. The molecule has 44 heavy (non-hydrogen) atoms. The summed E-state index contributed by atoms with van der Waals surface area (Å²) in [5, 5.41) is 29.6. The summed E-state index contributed by atoms with van der Waals surface area (Å²) in [4.78, 5) is 23.4. The van der Waals surface area contributed by atoms with Gasteiger partial charge in [-0.1, -0.05) is 35.0 Å². The molecule has 0 saturated heterocycles. The first-order valence-corrected chi connectivity index (χ1v) is 15.1. The summed E-state index contributed by atoms with van der Waals surface area (Å²) in [6, 6.07) is 10.4. The molecule has 0 aliphatic rings. The number of nitrogens with one attached hydrogen (secondary N) is 1. The normalized spacial score (nSPS) is 11.2. The van der Waals surface area contributed by atoms with Crippen LogP contribution in [0.5, 0.6) is 11.5 Å². The van der Waals surface area contributed by atoms with Crippen LogP contribution in [0.15, 0.2) is 46.7 Å². The van der Waals surface area contributed by atoms with Gasteiger partial charge in [0.05, 0.1) is 29.0 Å². The molecule has 0 aliphatic heterocycles. The highest BCUT2D eigenvalue weighted by Crippen LogP contribution is 2.29. The molecule has 0 atom stereocenters. The average Bonchev–Trinajstić information content (AvgIpc) is 3.52. The number of halogens is 2. The molecule has 2 heterocycles. The van der Waals surface area contributed by atoms with Crippen LogP contribution >= 0.6 is 35.0 Å². The summed E-state index contributed by atoms with van der Waals surface area (Å²) in [6.07, 6.45) is 2.00. The van der Waals surface area contributed by atoms with E-state index in [-0.39, 0.29) is 24.0 Å². The lowest BCUT2D eigenvalue weighted by Gasteiger charge is -2.12. The molecule has 0 spiro atoms. The first-order valence-electron chi connectivity index (χ1n) is 13.4. The van der Waals surface area contributed by atoms with E-state index in [0.717, 1.165) is 11.1 Å². The number of nitrogens with zero attached hydrogens (tertiary/aromatic N) is 7. The zero-order valence-electron chi connectivity index (χ0n) is 24.4. The maximum atomic E-state index is 12.5. The van der Waals surface area contributed by atoms with Crippen molar-refractivity contribution >= 4 is 52.8 Å². The Labute approximate surface area is 267 Å². The number of benzene rings is 2. The van der Waals surface area contributed by atoms with Crippen LogP contribution in [-0.4, -0.2) is 54.5 Å². The van der Waals surface area contributed by atoms with Crippen molar-refractivity contribution in [2.45, 2.75) is 52.0 Å². The third-order valence-corrected chi connectivity index (χ3v) is 8.00. The molecule has 232 valence electrons. The standard InChI is InChI=1S/C28H30Cl2N8O5S/c1-5-36-25(10-11-37-18(3)27(38(40)41)17(2)35-37)32-34-28(36)44-16-26(39)33-31-14-19-6-8-23(42-4)20(12-19)15-43-24-9-7-21(29)13-22(24)30/h6-9,12-14H,5,10-11,15-16H2,1-4H3,(H,33,39)/b31-14+. The van der Waals surface area contributed by atoms with Crippen molar-refractivity contribution < 1.29 is 19.2 Å². The van der Waals surface area contributed by atoms with Gasteiger partial charge in [-0.15, -0.1) is 10.2 Å². The van der Waals surface area contributed by atoms with Crippen molar-refractivity contribution in [1.29, 1.82) is 0 Å². The second-order valence-corrected chi connectivity index (χ2v) is 11.2. The van der Waals surface area contributed by atoms with Crippen LogP contribution in [0.1, 0.15) is 35.3 Å². The van der Waals surface area contributed by atoms with E-state index in [1.165, 1.54) is 18.0 Å². The van der Waals surface area contributed by atoms with E-state index in [4.69, 9.17) is 32.7 Å². The predicted molar refractivity (Wildman–Crippen MR) is 168 cm³/mol. The van der Waals surface area contributed by atoms with Crippen LogP contribution in [0.2, 0.25) is 10.0 Å². The van der Waals surface area contributed by atoms with Gasteiger partial charge in [0.25, 0.3) is 5.91 Å². The Balaban J connectivity index is 1.31. The lowest BCUT2D eigenvalue weighted by Crippen LogP contribution is -2.20. The lowest BCUT2D eigenvalue weighted by atomic mass is 10.1. The maximum Gasteiger partial charge on any atom is 0.312 e. The van der Waals surface area contributed by atoms with Gasteiger partial charge in [-0.25, -0.2) is 5.43 Å². The highest BCUT2D eigenvalue weighted by Gasteiger charge is 2.22. The minimum Gasteiger partial charge on any atom is -0.496 e. The van der Waals surface area contributed by atoms with Gasteiger partial charge in [0.2, 0.25) is 0 Å². The highest BCUT2D eigenvalue weighted by molar-refractivity contribution is 7.99. The number of hydrogen-bond donors (Lipinski definition) is 1. The Bertz CT molecular complexity index is 1690. The van der Waals surface area contributed by atoms with E-state index in [1.54, 1.807) is 56.0 Å². The van der Waals surface area contributed by atoms with Crippen molar-refractivity contribution in [2.75, 3.05) is 12.9 Å². The van der Waals surface area contributed by atoms with Gasteiger partial charge in [-0.3, -0.25) is 19.6 Å². The second-order valence-electron chi connectivity index (χ2n) is 9.41. The fraction of sp³-hybridized carbons (Fsp3) is 0.321. The van der Waals surface area contributed by atoms with Crippen LogP contribution in [0.3, 0.4) is 0 Å². The topological polar surface area (TPSA) is 152 Å². The Morgan fingerprint density at radius 2 is 1.95 bits per heavy atom. The van der Waals surface area contributed by atoms with Gasteiger partial charge < -0.3 is 14.0 Å². The summed E-state index contributed by atoms with van der Waals surface area (Å²) in [7, 11) is 1.57. The molecule has 1 amide bonds. The first kappa shape index (κ1) is 32.8. The third-order valence-electron chi connectivity index (χ3n) is 6.50. The molecular formula is C28H30Cl2N8O5S. The number of aryl methyl sites for hydroxylation is 3. The molecule has 0 saturated carbocycles. The number of ether oxygens (including phenoxy) is 2. The van der Waals surface area contributed by atoms with Gasteiger partial charge in [0, 0.05) is 30.1 Å². The quantitative estimate of drug-likeness (QED) is 0.0811. The molecule has 0 bridgehead atoms. The molecule has 16 heteroatoms.